The first-order valence-electron chi connectivity index (χ1n) is 12.3. The minimum atomic E-state index is -1.06. The van der Waals surface area contributed by atoms with Crippen molar-refractivity contribution < 1.29 is 14.4 Å². The predicted molar refractivity (Wildman–Crippen MR) is 131 cm³/mol. The van der Waals surface area contributed by atoms with Crippen LogP contribution >= 0.6 is 0 Å². The van der Waals surface area contributed by atoms with Crippen molar-refractivity contribution in [1.29, 1.82) is 0 Å². The third-order valence-electron chi connectivity index (χ3n) is 6.92. The Morgan fingerprint density at radius 1 is 1.12 bits per heavy atom. The van der Waals surface area contributed by atoms with E-state index in [0.29, 0.717) is 17.9 Å². The first kappa shape index (κ1) is 24.0. The van der Waals surface area contributed by atoms with Crippen molar-refractivity contribution in [3.05, 3.63) is 46.8 Å². The quantitative estimate of drug-likeness (QED) is 0.650. The molecule has 1 fully saturated rings. The zero-order chi connectivity index (χ0) is 24.5. The molecule has 8 heteroatoms. The molecule has 8 nitrogen and oxygen atoms in total. The molecule has 0 radical (unpaired) electrons. The monoisotopic (exact) mass is 465 g/mol. The highest BCUT2D eigenvalue weighted by molar-refractivity contribution is 6.06. The lowest BCUT2D eigenvalue weighted by molar-refractivity contribution is -0.133. The number of rotatable bonds is 7. The van der Waals surface area contributed by atoms with Gasteiger partial charge in [-0.3, -0.25) is 19.1 Å². The number of amides is 3. The van der Waals surface area contributed by atoms with E-state index in [-0.39, 0.29) is 36.0 Å². The summed E-state index contributed by atoms with van der Waals surface area (Å²) in [5.74, 6) is -0.787. The van der Waals surface area contributed by atoms with Crippen LogP contribution in [0.25, 0.3) is 0 Å². The molecular formula is C26H35N5O3. The highest BCUT2D eigenvalue weighted by Crippen LogP contribution is 2.29. The van der Waals surface area contributed by atoms with E-state index in [2.05, 4.69) is 22.7 Å². The molecule has 1 aromatic heterocycles. The predicted octanol–water partition coefficient (Wildman–Crippen LogP) is 3.83. The number of carbonyl (C=O) groups is 3. The van der Waals surface area contributed by atoms with Gasteiger partial charge in [-0.15, -0.1) is 0 Å². The molecule has 1 aliphatic carbocycles. The standard InChI is InChI=1S/C26H35N5O3/c1-5-6-11-30-24(33)22-15-21(23(32)27-20-13-17(2)12-18(3)14-20)29-31(22)16-26(30,4)25(34)28-19-9-7-8-10-19/h12-15,19H,5-11,16H2,1-4H3,(H,27,32)(H,28,34)/t26-/m1/s1. The molecule has 1 aliphatic heterocycles. The summed E-state index contributed by atoms with van der Waals surface area (Å²) in [4.78, 5) is 41.6. The molecule has 4 rings (SSSR count). The van der Waals surface area contributed by atoms with E-state index in [9.17, 15) is 14.4 Å². The molecule has 1 aromatic carbocycles. The molecule has 0 bridgehead atoms. The van der Waals surface area contributed by atoms with Crippen LogP contribution in [0.2, 0.25) is 0 Å². The minimum absolute atomic E-state index is 0.147. The Bertz CT molecular complexity index is 1080. The Labute approximate surface area is 201 Å². The maximum absolute atomic E-state index is 13.5. The number of aromatic nitrogens is 2. The number of fused-ring (bicyclic) bond motifs is 1. The van der Waals surface area contributed by atoms with Crippen LogP contribution < -0.4 is 10.6 Å². The van der Waals surface area contributed by atoms with Gasteiger partial charge in [-0.25, -0.2) is 0 Å². The number of carbonyl (C=O) groups excluding carboxylic acids is 3. The summed E-state index contributed by atoms with van der Waals surface area (Å²) in [7, 11) is 0. The second-order valence-electron chi connectivity index (χ2n) is 9.94. The first-order valence-corrected chi connectivity index (χ1v) is 12.3. The molecule has 2 heterocycles. The van der Waals surface area contributed by atoms with Gasteiger partial charge in [-0.05, 0) is 63.3 Å². The third-order valence-corrected chi connectivity index (χ3v) is 6.92. The van der Waals surface area contributed by atoms with Crippen LogP contribution in [0.4, 0.5) is 5.69 Å². The zero-order valence-electron chi connectivity index (χ0n) is 20.6. The van der Waals surface area contributed by atoms with E-state index in [1.807, 2.05) is 39.0 Å². The molecular weight excluding hydrogens is 430 g/mol. The average molecular weight is 466 g/mol. The van der Waals surface area contributed by atoms with Gasteiger partial charge in [-0.2, -0.15) is 5.10 Å². The average Bonchev–Trinajstić information content (AvgIpc) is 3.42. The van der Waals surface area contributed by atoms with Gasteiger partial charge in [0.2, 0.25) is 5.91 Å². The fourth-order valence-electron chi connectivity index (χ4n) is 5.07. The van der Waals surface area contributed by atoms with E-state index in [4.69, 9.17) is 0 Å². The molecule has 3 amide bonds. The second kappa shape index (κ2) is 9.60. The van der Waals surface area contributed by atoms with Crippen molar-refractivity contribution >= 4 is 23.4 Å². The molecule has 1 atom stereocenters. The van der Waals surface area contributed by atoms with Gasteiger partial charge in [0.1, 0.15) is 11.2 Å². The number of hydrogen-bond donors (Lipinski definition) is 2. The van der Waals surface area contributed by atoms with Gasteiger partial charge in [0.05, 0.1) is 6.54 Å². The van der Waals surface area contributed by atoms with Crippen molar-refractivity contribution in [2.24, 2.45) is 0 Å². The van der Waals surface area contributed by atoms with Crippen LogP contribution in [-0.4, -0.2) is 50.5 Å². The topological polar surface area (TPSA) is 96.3 Å². The summed E-state index contributed by atoms with van der Waals surface area (Å²) in [6.07, 6.45) is 5.88. The largest absolute Gasteiger partial charge is 0.351 e. The van der Waals surface area contributed by atoms with Gasteiger partial charge < -0.3 is 15.5 Å². The van der Waals surface area contributed by atoms with Crippen molar-refractivity contribution in [2.75, 3.05) is 11.9 Å². The van der Waals surface area contributed by atoms with Crippen LogP contribution in [0.3, 0.4) is 0 Å². The lowest BCUT2D eigenvalue weighted by Gasteiger charge is -2.43. The Morgan fingerprint density at radius 2 is 1.79 bits per heavy atom. The maximum Gasteiger partial charge on any atom is 0.276 e. The molecule has 182 valence electrons. The van der Waals surface area contributed by atoms with Crippen molar-refractivity contribution in [1.82, 2.24) is 20.0 Å². The van der Waals surface area contributed by atoms with E-state index >= 15 is 0 Å². The molecule has 0 spiro atoms. The molecule has 2 aliphatic rings. The van der Waals surface area contributed by atoms with Crippen LogP contribution in [0.1, 0.15) is 84.5 Å². The van der Waals surface area contributed by atoms with Crippen LogP contribution in [0.5, 0.6) is 0 Å². The number of nitrogens with zero attached hydrogens (tertiary/aromatic N) is 3. The van der Waals surface area contributed by atoms with Crippen molar-refractivity contribution in [3.8, 4) is 0 Å². The number of hydrogen-bond acceptors (Lipinski definition) is 4. The smallest absolute Gasteiger partial charge is 0.276 e. The number of benzene rings is 1. The van der Waals surface area contributed by atoms with Crippen LogP contribution in [0, 0.1) is 13.8 Å². The maximum atomic E-state index is 13.5. The van der Waals surface area contributed by atoms with E-state index < -0.39 is 5.54 Å². The Morgan fingerprint density at radius 3 is 2.44 bits per heavy atom. The zero-order valence-corrected chi connectivity index (χ0v) is 20.6. The van der Waals surface area contributed by atoms with Crippen LogP contribution in [0.15, 0.2) is 24.3 Å². The summed E-state index contributed by atoms with van der Waals surface area (Å²) < 4.78 is 1.52. The third kappa shape index (κ3) is 4.72. The summed E-state index contributed by atoms with van der Waals surface area (Å²) in [5.41, 5.74) is 2.22. The second-order valence-corrected chi connectivity index (χ2v) is 9.94. The van der Waals surface area contributed by atoms with E-state index in [1.54, 1.807) is 4.90 Å². The van der Waals surface area contributed by atoms with Crippen molar-refractivity contribution in [2.45, 2.75) is 84.3 Å². The molecule has 1 saturated carbocycles. The number of anilines is 1. The number of nitrogens with one attached hydrogen (secondary N) is 2. The van der Waals surface area contributed by atoms with Gasteiger partial charge in [-0.1, -0.05) is 32.3 Å². The molecule has 0 unspecified atom stereocenters. The lowest BCUT2D eigenvalue weighted by Crippen LogP contribution is -2.65. The Kier molecular flexibility index (Phi) is 6.77. The summed E-state index contributed by atoms with van der Waals surface area (Å²) >= 11 is 0. The summed E-state index contributed by atoms with van der Waals surface area (Å²) in [5, 5.41) is 10.5. The lowest BCUT2D eigenvalue weighted by atomic mass is 9.94. The normalized spacial score (nSPS) is 20.4. The fourth-order valence-corrected chi connectivity index (χ4v) is 5.07. The summed E-state index contributed by atoms with van der Waals surface area (Å²) in [6.45, 7) is 8.51. The molecule has 34 heavy (non-hydrogen) atoms. The Hall–Kier alpha value is -3.16. The fraction of sp³-hybridized carbons (Fsp3) is 0.538. The first-order chi connectivity index (χ1) is 16.2. The molecule has 0 saturated heterocycles. The van der Waals surface area contributed by atoms with E-state index in [0.717, 1.165) is 49.7 Å². The van der Waals surface area contributed by atoms with Crippen molar-refractivity contribution in [3.63, 3.8) is 0 Å². The molecule has 2 N–H and O–H groups in total. The van der Waals surface area contributed by atoms with Gasteiger partial charge in [0.25, 0.3) is 11.8 Å². The number of unbranched alkanes of at least 4 members (excludes halogenated alkanes) is 1. The Balaban J connectivity index is 1.60. The highest BCUT2D eigenvalue weighted by atomic mass is 16.2. The van der Waals surface area contributed by atoms with Gasteiger partial charge in [0.15, 0.2) is 5.69 Å². The highest BCUT2D eigenvalue weighted by Gasteiger charge is 2.48. The SMILES string of the molecule is CCCCN1C(=O)c2cc(C(=O)Nc3cc(C)cc(C)c3)nn2C[C@]1(C)C(=O)NC1CCCC1. The minimum Gasteiger partial charge on any atom is -0.351 e. The van der Waals surface area contributed by atoms with E-state index in [1.165, 1.54) is 10.7 Å². The number of aryl methyl sites for hydroxylation is 2. The van der Waals surface area contributed by atoms with Crippen LogP contribution in [-0.2, 0) is 11.3 Å². The summed E-state index contributed by atoms with van der Waals surface area (Å²) in [6, 6.07) is 7.51. The molecule has 2 aromatic rings. The van der Waals surface area contributed by atoms with Gasteiger partial charge in [0, 0.05) is 24.3 Å². The van der Waals surface area contributed by atoms with Gasteiger partial charge >= 0.3 is 0 Å².